The summed E-state index contributed by atoms with van der Waals surface area (Å²) in [6, 6.07) is 17.0. The normalized spacial score (nSPS) is 15.8. The highest BCUT2D eigenvalue weighted by molar-refractivity contribution is 5.86. The van der Waals surface area contributed by atoms with Gasteiger partial charge in [0.2, 0.25) is 5.91 Å². The highest BCUT2D eigenvalue weighted by Gasteiger charge is 2.26. The molecule has 3 rings (SSSR count). The van der Waals surface area contributed by atoms with Gasteiger partial charge in [-0.25, -0.2) is 0 Å². The lowest BCUT2D eigenvalue weighted by Gasteiger charge is -2.31. The topological polar surface area (TPSA) is 52.6 Å². The lowest BCUT2D eigenvalue weighted by atomic mass is 10.0. The van der Waals surface area contributed by atoms with E-state index in [9.17, 15) is 9.90 Å². The number of rotatable bonds is 5. The van der Waals surface area contributed by atoms with Crippen molar-refractivity contribution < 1.29 is 9.90 Å². The molecule has 0 radical (unpaired) electrons. The summed E-state index contributed by atoms with van der Waals surface area (Å²) in [4.78, 5) is 15.0. The fraction of sp³-hybridized carbons (Fsp3) is 0.350. The van der Waals surface area contributed by atoms with Gasteiger partial charge in [0.1, 0.15) is 6.04 Å². The quantitative estimate of drug-likeness (QED) is 0.887. The molecule has 0 spiro atoms. The number of hydrogen-bond acceptors (Lipinski definition) is 3. The highest BCUT2D eigenvalue weighted by atomic mass is 16.3. The molecule has 1 aliphatic rings. The molecule has 1 amide bonds. The molecule has 0 bridgehead atoms. The molecule has 2 N–H and O–H groups in total. The molecular weight excluding hydrogens is 300 g/mol. The van der Waals surface area contributed by atoms with Crippen LogP contribution in [0.4, 0.5) is 5.69 Å². The number of carbonyl (C=O) groups is 1. The van der Waals surface area contributed by atoms with Crippen LogP contribution in [0, 0.1) is 0 Å². The molecule has 2 aromatic rings. The number of amides is 1. The van der Waals surface area contributed by atoms with E-state index in [0.29, 0.717) is 0 Å². The van der Waals surface area contributed by atoms with E-state index in [2.05, 4.69) is 5.32 Å². The Labute approximate surface area is 143 Å². The van der Waals surface area contributed by atoms with E-state index in [0.717, 1.165) is 42.7 Å². The Morgan fingerprint density at radius 1 is 1.04 bits per heavy atom. The SMILES string of the molecule is O=C([C@H](Nc1cccc(CO)c1)c1ccccc1)N1CCCCC1. The number of aliphatic hydroxyl groups excluding tert-OH is 1. The van der Waals surface area contributed by atoms with Crippen LogP contribution in [0.3, 0.4) is 0 Å². The molecule has 126 valence electrons. The zero-order valence-corrected chi connectivity index (χ0v) is 13.8. The third kappa shape index (κ3) is 3.95. The fourth-order valence-corrected chi connectivity index (χ4v) is 3.16. The number of piperidine rings is 1. The Balaban J connectivity index is 1.85. The lowest BCUT2D eigenvalue weighted by molar-refractivity contribution is -0.133. The first kappa shape index (κ1) is 16.5. The second-order valence-electron chi connectivity index (χ2n) is 6.23. The summed E-state index contributed by atoms with van der Waals surface area (Å²) in [6.45, 7) is 1.66. The zero-order valence-electron chi connectivity index (χ0n) is 13.8. The van der Waals surface area contributed by atoms with Gasteiger partial charge >= 0.3 is 0 Å². The first-order valence-electron chi connectivity index (χ1n) is 8.58. The van der Waals surface area contributed by atoms with Gasteiger partial charge in [-0.3, -0.25) is 4.79 Å². The third-order valence-corrected chi connectivity index (χ3v) is 4.47. The maximum absolute atomic E-state index is 13.1. The molecule has 1 aliphatic heterocycles. The van der Waals surface area contributed by atoms with E-state index in [4.69, 9.17) is 0 Å². The summed E-state index contributed by atoms with van der Waals surface area (Å²) in [5.74, 6) is 0.121. The summed E-state index contributed by atoms with van der Waals surface area (Å²) in [5.41, 5.74) is 2.64. The Morgan fingerprint density at radius 2 is 1.79 bits per heavy atom. The summed E-state index contributed by atoms with van der Waals surface area (Å²) in [7, 11) is 0. The van der Waals surface area contributed by atoms with E-state index < -0.39 is 6.04 Å². The van der Waals surface area contributed by atoms with Crippen LogP contribution < -0.4 is 5.32 Å². The molecule has 4 nitrogen and oxygen atoms in total. The average Bonchev–Trinajstić information content (AvgIpc) is 2.67. The van der Waals surface area contributed by atoms with E-state index in [-0.39, 0.29) is 12.5 Å². The van der Waals surface area contributed by atoms with Crippen LogP contribution in [0.1, 0.15) is 36.4 Å². The number of carbonyl (C=O) groups excluding carboxylic acids is 1. The van der Waals surface area contributed by atoms with Crippen LogP contribution in [0.15, 0.2) is 54.6 Å². The first-order valence-corrected chi connectivity index (χ1v) is 8.58. The number of nitrogens with zero attached hydrogens (tertiary/aromatic N) is 1. The minimum atomic E-state index is -0.404. The predicted molar refractivity (Wildman–Crippen MR) is 95.6 cm³/mol. The molecule has 0 saturated carbocycles. The van der Waals surface area contributed by atoms with Crippen molar-refractivity contribution in [3.05, 3.63) is 65.7 Å². The number of anilines is 1. The van der Waals surface area contributed by atoms with E-state index >= 15 is 0 Å². The smallest absolute Gasteiger partial charge is 0.249 e. The zero-order chi connectivity index (χ0) is 16.8. The first-order chi connectivity index (χ1) is 11.8. The molecule has 1 saturated heterocycles. The average molecular weight is 324 g/mol. The van der Waals surface area contributed by atoms with Crippen molar-refractivity contribution in [2.45, 2.75) is 31.9 Å². The lowest BCUT2D eigenvalue weighted by Crippen LogP contribution is -2.41. The monoisotopic (exact) mass is 324 g/mol. The number of hydrogen-bond donors (Lipinski definition) is 2. The van der Waals surface area contributed by atoms with Gasteiger partial charge in [0, 0.05) is 18.8 Å². The van der Waals surface area contributed by atoms with Crippen LogP contribution in [0.2, 0.25) is 0 Å². The second-order valence-corrected chi connectivity index (χ2v) is 6.23. The van der Waals surface area contributed by atoms with E-state index in [1.165, 1.54) is 6.42 Å². The van der Waals surface area contributed by atoms with Crippen LogP contribution in [0.25, 0.3) is 0 Å². The van der Waals surface area contributed by atoms with Crippen LogP contribution in [-0.2, 0) is 11.4 Å². The predicted octanol–water partition coefficient (Wildman–Crippen LogP) is 3.34. The van der Waals surface area contributed by atoms with E-state index in [1.54, 1.807) is 0 Å². The molecule has 1 heterocycles. The van der Waals surface area contributed by atoms with Crippen molar-refractivity contribution >= 4 is 11.6 Å². The van der Waals surface area contributed by atoms with Gasteiger partial charge in [-0.05, 0) is 42.5 Å². The van der Waals surface area contributed by atoms with Gasteiger partial charge in [-0.15, -0.1) is 0 Å². The van der Waals surface area contributed by atoms with E-state index in [1.807, 2.05) is 59.5 Å². The molecule has 2 aromatic carbocycles. The van der Waals surface area contributed by atoms with Crippen LogP contribution in [-0.4, -0.2) is 29.0 Å². The van der Waals surface area contributed by atoms with Crippen molar-refractivity contribution in [1.29, 1.82) is 0 Å². The Kier molecular flexibility index (Phi) is 5.49. The Morgan fingerprint density at radius 3 is 2.50 bits per heavy atom. The molecule has 4 heteroatoms. The largest absolute Gasteiger partial charge is 0.392 e. The summed E-state index contributed by atoms with van der Waals surface area (Å²) in [6.07, 6.45) is 3.35. The maximum atomic E-state index is 13.1. The maximum Gasteiger partial charge on any atom is 0.249 e. The Bertz CT molecular complexity index is 666. The summed E-state index contributed by atoms with van der Waals surface area (Å²) < 4.78 is 0. The number of benzene rings is 2. The standard InChI is InChI=1S/C20H24N2O2/c23-15-16-8-7-11-18(14-16)21-19(17-9-3-1-4-10-17)20(24)22-12-5-2-6-13-22/h1,3-4,7-11,14,19,21,23H,2,5-6,12-13,15H2/t19-/m1/s1. The minimum Gasteiger partial charge on any atom is -0.392 e. The minimum absolute atomic E-state index is 0.00834. The van der Waals surface area contributed by atoms with Gasteiger partial charge in [-0.2, -0.15) is 0 Å². The third-order valence-electron chi connectivity index (χ3n) is 4.47. The van der Waals surface area contributed by atoms with Crippen LogP contribution in [0.5, 0.6) is 0 Å². The van der Waals surface area contributed by atoms with Crippen molar-refractivity contribution in [2.75, 3.05) is 18.4 Å². The number of likely N-dealkylation sites (tertiary alicyclic amines) is 1. The van der Waals surface area contributed by atoms with Crippen LogP contribution >= 0.6 is 0 Å². The van der Waals surface area contributed by atoms with Crippen molar-refractivity contribution in [3.63, 3.8) is 0 Å². The summed E-state index contributed by atoms with van der Waals surface area (Å²) in [5, 5.41) is 12.7. The molecule has 1 fully saturated rings. The van der Waals surface area contributed by atoms with Gasteiger partial charge < -0.3 is 15.3 Å². The molecule has 1 atom stereocenters. The molecular formula is C20H24N2O2. The van der Waals surface area contributed by atoms with Gasteiger partial charge in [-0.1, -0.05) is 42.5 Å². The van der Waals surface area contributed by atoms with Gasteiger partial charge in [0.05, 0.1) is 6.61 Å². The van der Waals surface area contributed by atoms with Gasteiger partial charge in [0.15, 0.2) is 0 Å². The highest BCUT2D eigenvalue weighted by Crippen LogP contribution is 2.24. The second kappa shape index (κ2) is 7.97. The van der Waals surface area contributed by atoms with Crippen molar-refractivity contribution in [2.24, 2.45) is 0 Å². The van der Waals surface area contributed by atoms with Gasteiger partial charge in [0.25, 0.3) is 0 Å². The van der Waals surface area contributed by atoms with Crippen molar-refractivity contribution in [1.82, 2.24) is 4.90 Å². The molecule has 24 heavy (non-hydrogen) atoms. The van der Waals surface area contributed by atoms with Crippen molar-refractivity contribution in [3.8, 4) is 0 Å². The molecule has 0 aromatic heterocycles. The molecule has 0 aliphatic carbocycles. The molecule has 0 unspecified atom stereocenters. The fourth-order valence-electron chi connectivity index (χ4n) is 3.16. The number of nitrogens with one attached hydrogen (secondary N) is 1. The Hall–Kier alpha value is -2.33. The summed E-state index contributed by atoms with van der Waals surface area (Å²) >= 11 is 0. The number of aliphatic hydroxyl groups is 1.